The number of aliphatic carboxylic acids is 1. The quantitative estimate of drug-likeness (QED) is 0.850. The standard InChI is InChI=1S/C16H21N3O3S/c1-10-9-12(11(2)19(10)15-18-7-8-23-15)13(20)17-6-5-16(3,4)14(21)22/h7-9H,5-6H2,1-4H3,(H,17,20)(H,21,22). The zero-order valence-electron chi connectivity index (χ0n) is 13.7. The zero-order valence-corrected chi connectivity index (χ0v) is 14.5. The molecule has 0 spiro atoms. The highest BCUT2D eigenvalue weighted by Crippen LogP contribution is 2.23. The average Bonchev–Trinajstić information content (AvgIpc) is 3.06. The summed E-state index contributed by atoms with van der Waals surface area (Å²) in [6.45, 7) is 7.42. The molecule has 124 valence electrons. The van der Waals surface area contributed by atoms with Gasteiger partial charge in [0.15, 0.2) is 5.13 Å². The first-order chi connectivity index (χ1) is 10.7. The summed E-state index contributed by atoms with van der Waals surface area (Å²) in [7, 11) is 0. The van der Waals surface area contributed by atoms with Crippen LogP contribution >= 0.6 is 11.3 Å². The number of rotatable bonds is 6. The van der Waals surface area contributed by atoms with Crippen LogP contribution in [0.1, 0.15) is 42.0 Å². The molecular formula is C16H21N3O3S. The maximum absolute atomic E-state index is 12.4. The highest BCUT2D eigenvalue weighted by atomic mass is 32.1. The van der Waals surface area contributed by atoms with Gasteiger partial charge in [0.2, 0.25) is 0 Å². The van der Waals surface area contributed by atoms with E-state index in [1.807, 2.05) is 29.9 Å². The third-order valence-electron chi connectivity index (χ3n) is 3.90. The minimum atomic E-state index is -0.867. The average molecular weight is 335 g/mol. The monoisotopic (exact) mass is 335 g/mol. The molecule has 0 atom stereocenters. The molecule has 2 heterocycles. The molecule has 0 saturated heterocycles. The van der Waals surface area contributed by atoms with Gasteiger partial charge in [-0.3, -0.25) is 14.2 Å². The maximum Gasteiger partial charge on any atom is 0.309 e. The number of thiazole rings is 1. The molecule has 0 aliphatic heterocycles. The molecule has 0 bridgehead atoms. The summed E-state index contributed by atoms with van der Waals surface area (Å²) in [5.74, 6) is -1.06. The van der Waals surface area contributed by atoms with Crippen LogP contribution in [-0.2, 0) is 4.79 Å². The van der Waals surface area contributed by atoms with Gasteiger partial charge >= 0.3 is 5.97 Å². The van der Waals surface area contributed by atoms with Gasteiger partial charge < -0.3 is 10.4 Å². The normalized spacial score (nSPS) is 11.5. The fraction of sp³-hybridized carbons (Fsp3) is 0.438. The van der Waals surface area contributed by atoms with Crippen LogP contribution in [-0.4, -0.2) is 33.1 Å². The first-order valence-corrected chi connectivity index (χ1v) is 8.22. The Kier molecular flexibility index (Phi) is 4.89. The van der Waals surface area contributed by atoms with Gasteiger partial charge in [-0.25, -0.2) is 4.98 Å². The smallest absolute Gasteiger partial charge is 0.309 e. The van der Waals surface area contributed by atoms with E-state index in [-0.39, 0.29) is 5.91 Å². The number of aryl methyl sites for hydroxylation is 1. The number of aromatic nitrogens is 2. The van der Waals surface area contributed by atoms with Crippen molar-refractivity contribution in [1.29, 1.82) is 0 Å². The molecule has 1 amide bonds. The van der Waals surface area contributed by atoms with Gasteiger partial charge in [-0.15, -0.1) is 11.3 Å². The second kappa shape index (κ2) is 6.54. The van der Waals surface area contributed by atoms with Gasteiger partial charge in [0.05, 0.1) is 11.0 Å². The van der Waals surface area contributed by atoms with Crippen molar-refractivity contribution >= 4 is 23.2 Å². The molecule has 0 radical (unpaired) electrons. The van der Waals surface area contributed by atoms with E-state index in [4.69, 9.17) is 5.11 Å². The van der Waals surface area contributed by atoms with Gasteiger partial charge in [-0.1, -0.05) is 0 Å². The van der Waals surface area contributed by atoms with Crippen LogP contribution in [0.2, 0.25) is 0 Å². The SMILES string of the molecule is Cc1cc(C(=O)NCCC(C)(C)C(=O)O)c(C)n1-c1nccs1. The molecule has 7 heteroatoms. The number of nitrogens with zero attached hydrogens (tertiary/aromatic N) is 2. The largest absolute Gasteiger partial charge is 0.481 e. The van der Waals surface area contributed by atoms with Crippen LogP contribution in [0.3, 0.4) is 0 Å². The number of carbonyl (C=O) groups excluding carboxylic acids is 1. The van der Waals surface area contributed by atoms with Crippen molar-refractivity contribution in [2.75, 3.05) is 6.54 Å². The highest BCUT2D eigenvalue weighted by Gasteiger charge is 2.27. The fourth-order valence-corrected chi connectivity index (χ4v) is 3.06. The van der Waals surface area contributed by atoms with E-state index in [1.165, 1.54) is 11.3 Å². The van der Waals surface area contributed by atoms with E-state index < -0.39 is 11.4 Å². The minimum absolute atomic E-state index is 0.193. The molecule has 2 N–H and O–H groups in total. The number of amides is 1. The Morgan fingerprint density at radius 1 is 1.39 bits per heavy atom. The lowest BCUT2D eigenvalue weighted by Gasteiger charge is -2.18. The molecule has 2 rings (SSSR count). The van der Waals surface area contributed by atoms with Crippen LogP contribution in [0.5, 0.6) is 0 Å². The third kappa shape index (κ3) is 3.61. The second-order valence-corrected chi connectivity index (χ2v) is 7.00. The number of carboxylic acid groups (broad SMARTS) is 1. The number of carbonyl (C=O) groups is 2. The Balaban J connectivity index is 2.09. The second-order valence-electron chi connectivity index (χ2n) is 6.13. The first-order valence-electron chi connectivity index (χ1n) is 7.34. The Morgan fingerprint density at radius 2 is 2.09 bits per heavy atom. The van der Waals surface area contributed by atoms with E-state index in [9.17, 15) is 9.59 Å². The Labute approximate surface area is 139 Å². The number of hydrogen-bond donors (Lipinski definition) is 2. The molecule has 0 unspecified atom stereocenters. The van der Waals surface area contributed by atoms with Gasteiger partial charge in [0.1, 0.15) is 0 Å². The van der Waals surface area contributed by atoms with Crippen LogP contribution in [0.15, 0.2) is 17.6 Å². The summed E-state index contributed by atoms with van der Waals surface area (Å²) in [6, 6.07) is 1.83. The molecule has 2 aromatic heterocycles. The van der Waals surface area contributed by atoms with E-state index in [0.717, 1.165) is 16.5 Å². The Bertz CT molecular complexity index is 717. The number of hydrogen-bond acceptors (Lipinski definition) is 4. The highest BCUT2D eigenvalue weighted by molar-refractivity contribution is 7.12. The molecule has 23 heavy (non-hydrogen) atoms. The predicted molar refractivity (Wildman–Crippen MR) is 89.3 cm³/mol. The fourth-order valence-electron chi connectivity index (χ4n) is 2.30. The van der Waals surface area contributed by atoms with Crippen molar-refractivity contribution in [2.45, 2.75) is 34.1 Å². The minimum Gasteiger partial charge on any atom is -0.481 e. The molecular weight excluding hydrogens is 314 g/mol. The molecule has 0 fully saturated rings. The first kappa shape index (κ1) is 17.2. The Hall–Kier alpha value is -2.15. The van der Waals surface area contributed by atoms with Crippen molar-refractivity contribution in [1.82, 2.24) is 14.9 Å². The molecule has 0 aromatic carbocycles. The topological polar surface area (TPSA) is 84.2 Å². The van der Waals surface area contributed by atoms with Crippen molar-refractivity contribution in [3.63, 3.8) is 0 Å². The van der Waals surface area contributed by atoms with Crippen molar-refractivity contribution in [3.8, 4) is 5.13 Å². The lowest BCUT2D eigenvalue weighted by atomic mass is 9.90. The predicted octanol–water partition coefficient (Wildman–Crippen LogP) is 2.78. The molecule has 0 aliphatic rings. The summed E-state index contributed by atoms with van der Waals surface area (Å²) in [5.41, 5.74) is 1.50. The summed E-state index contributed by atoms with van der Waals surface area (Å²) in [6.07, 6.45) is 2.10. The van der Waals surface area contributed by atoms with Crippen LogP contribution in [0.4, 0.5) is 0 Å². The van der Waals surface area contributed by atoms with Crippen molar-refractivity contribution in [3.05, 3.63) is 34.6 Å². The van der Waals surface area contributed by atoms with Crippen molar-refractivity contribution < 1.29 is 14.7 Å². The lowest BCUT2D eigenvalue weighted by molar-refractivity contribution is -0.147. The van der Waals surface area contributed by atoms with E-state index >= 15 is 0 Å². The maximum atomic E-state index is 12.4. The molecule has 6 nitrogen and oxygen atoms in total. The van der Waals surface area contributed by atoms with Crippen LogP contribution < -0.4 is 5.32 Å². The van der Waals surface area contributed by atoms with Crippen LogP contribution in [0, 0.1) is 19.3 Å². The van der Waals surface area contributed by atoms with Gasteiger partial charge in [0, 0.05) is 29.5 Å². The summed E-state index contributed by atoms with van der Waals surface area (Å²) in [5, 5.41) is 14.6. The summed E-state index contributed by atoms with van der Waals surface area (Å²) < 4.78 is 1.95. The van der Waals surface area contributed by atoms with Crippen LogP contribution in [0.25, 0.3) is 5.13 Å². The van der Waals surface area contributed by atoms with Gasteiger partial charge in [-0.2, -0.15) is 0 Å². The number of nitrogens with one attached hydrogen (secondary N) is 1. The molecule has 0 saturated carbocycles. The Morgan fingerprint density at radius 3 is 2.65 bits per heavy atom. The van der Waals surface area contributed by atoms with Gasteiger partial charge in [-0.05, 0) is 40.2 Å². The summed E-state index contributed by atoms with van der Waals surface area (Å²) in [4.78, 5) is 27.7. The van der Waals surface area contributed by atoms with E-state index in [1.54, 1.807) is 20.0 Å². The third-order valence-corrected chi connectivity index (χ3v) is 4.66. The van der Waals surface area contributed by atoms with E-state index in [2.05, 4.69) is 10.3 Å². The summed E-state index contributed by atoms with van der Waals surface area (Å²) >= 11 is 1.51. The van der Waals surface area contributed by atoms with Gasteiger partial charge in [0.25, 0.3) is 5.91 Å². The van der Waals surface area contributed by atoms with Crippen molar-refractivity contribution in [2.24, 2.45) is 5.41 Å². The molecule has 0 aliphatic carbocycles. The zero-order chi connectivity index (χ0) is 17.2. The lowest BCUT2D eigenvalue weighted by Crippen LogP contribution is -2.32. The number of carboxylic acids is 1. The molecule has 2 aromatic rings. The van der Waals surface area contributed by atoms with E-state index in [0.29, 0.717) is 18.5 Å².